The summed E-state index contributed by atoms with van der Waals surface area (Å²) in [5.74, 6) is 0.603. The topological polar surface area (TPSA) is 12.0 Å². The maximum absolute atomic E-state index is 6.12. The molecule has 3 heteroatoms. The quantitative estimate of drug-likeness (QED) is 0.743. The molecule has 0 spiro atoms. The fraction of sp³-hybridized carbons (Fsp3) is 0.400. The Morgan fingerprint density at radius 2 is 2.31 bits per heavy atom. The van der Waals surface area contributed by atoms with Gasteiger partial charge in [0.1, 0.15) is 0 Å². The minimum atomic E-state index is 0.603. The smallest absolute Gasteiger partial charge is 0.0651 e. The van der Waals surface area contributed by atoms with E-state index in [0.29, 0.717) is 5.92 Å². The van der Waals surface area contributed by atoms with Crippen LogP contribution in [-0.4, -0.2) is 6.54 Å². The van der Waals surface area contributed by atoms with Gasteiger partial charge in [-0.25, -0.2) is 0 Å². The maximum Gasteiger partial charge on any atom is 0.0651 e. The molecule has 0 saturated heterocycles. The van der Waals surface area contributed by atoms with E-state index in [0.717, 1.165) is 21.7 Å². The molecule has 0 bridgehead atoms. The highest BCUT2D eigenvalue weighted by Gasteiger charge is 2.18. The lowest BCUT2D eigenvalue weighted by Gasteiger charge is -2.25. The lowest BCUT2D eigenvalue weighted by molar-refractivity contribution is 0.683. The van der Waals surface area contributed by atoms with E-state index < -0.39 is 0 Å². The van der Waals surface area contributed by atoms with E-state index in [1.165, 1.54) is 12.0 Å². The van der Waals surface area contributed by atoms with Crippen molar-refractivity contribution in [2.24, 2.45) is 0 Å². The number of fused-ring (bicyclic) bond motifs is 1. The van der Waals surface area contributed by atoms with Gasteiger partial charge in [0.25, 0.3) is 0 Å². The first-order valence-corrected chi connectivity index (χ1v) is 5.58. The second-order valence-corrected chi connectivity index (χ2v) is 4.79. The molecule has 0 fully saturated rings. The standard InChI is InChI=1S/C10H11BrClN/c1-6-2-3-13-10-8(6)4-7(11)5-9(10)12/h4-6,13H,2-3H2,1H3. The van der Waals surface area contributed by atoms with E-state index in [2.05, 4.69) is 34.2 Å². The molecule has 1 heterocycles. The lowest BCUT2D eigenvalue weighted by Crippen LogP contribution is -2.15. The summed E-state index contributed by atoms with van der Waals surface area (Å²) < 4.78 is 1.06. The number of anilines is 1. The van der Waals surface area contributed by atoms with Crippen LogP contribution in [0.2, 0.25) is 5.02 Å². The zero-order valence-corrected chi connectivity index (χ0v) is 9.74. The van der Waals surface area contributed by atoms with Crippen molar-refractivity contribution in [3.05, 3.63) is 27.2 Å². The van der Waals surface area contributed by atoms with E-state index in [9.17, 15) is 0 Å². The molecule has 1 N–H and O–H groups in total. The number of hydrogen-bond acceptors (Lipinski definition) is 1. The highest BCUT2D eigenvalue weighted by Crippen LogP contribution is 2.38. The molecule has 1 atom stereocenters. The van der Waals surface area contributed by atoms with Gasteiger partial charge in [0.2, 0.25) is 0 Å². The third-order valence-corrected chi connectivity index (χ3v) is 3.25. The van der Waals surface area contributed by atoms with Gasteiger partial charge in [-0.05, 0) is 30.0 Å². The van der Waals surface area contributed by atoms with Crippen LogP contribution >= 0.6 is 27.5 Å². The van der Waals surface area contributed by atoms with Crippen molar-refractivity contribution in [2.75, 3.05) is 11.9 Å². The van der Waals surface area contributed by atoms with Gasteiger partial charge < -0.3 is 5.32 Å². The third-order valence-electron chi connectivity index (χ3n) is 2.50. The van der Waals surface area contributed by atoms with E-state index in [1.807, 2.05) is 6.07 Å². The Morgan fingerprint density at radius 1 is 1.54 bits per heavy atom. The summed E-state index contributed by atoms with van der Waals surface area (Å²) in [4.78, 5) is 0. The molecule has 70 valence electrons. The van der Waals surface area contributed by atoms with E-state index >= 15 is 0 Å². The Balaban J connectivity index is 2.56. The molecule has 0 aromatic heterocycles. The summed E-state index contributed by atoms with van der Waals surface area (Å²) in [6.45, 7) is 3.26. The summed E-state index contributed by atoms with van der Waals surface area (Å²) in [5, 5.41) is 4.15. The van der Waals surface area contributed by atoms with Gasteiger partial charge in [-0.2, -0.15) is 0 Å². The molecule has 0 amide bonds. The number of halogens is 2. The molecule has 1 unspecified atom stereocenters. The molecule has 0 radical (unpaired) electrons. The van der Waals surface area contributed by atoms with Crippen molar-refractivity contribution in [3.8, 4) is 0 Å². The van der Waals surface area contributed by atoms with Gasteiger partial charge >= 0.3 is 0 Å². The fourth-order valence-electron chi connectivity index (χ4n) is 1.74. The van der Waals surface area contributed by atoms with E-state index in [1.54, 1.807) is 0 Å². The van der Waals surface area contributed by atoms with Crippen molar-refractivity contribution in [1.82, 2.24) is 0 Å². The number of rotatable bonds is 0. The molecule has 1 nitrogen and oxygen atoms in total. The number of nitrogens with one attached hydrogen (secondary N) is 1. The fourth-order valence-corrected chi connectivity index (χ4v) is 2.64. The molecule has 13 heavy (non-hydrogen) atoms. The van der Waals surface area contributed by atoms with Crippen LogP contribution in [0.25, 0.3) is 0 Å². The van der Waals surface area contributed by atoms with Crippen LogP contribution in [0, 0.1) is 0 Å². The second-order valence-electron chi connectivity index (χ2n) is 3.47. The average molecular weight is 261 g/mol. The molecule has 1 aromatic rings. The van der Waals surface area contributed by atoms with Gasteiger partial charge in [-0.3, -0.25) is 0 Å². The summed E-state index contributed by atoms with van der Waals surface area (Å²) in [5.41, 5.74) is 2.44. The third kappa shape index (κ3) is 1.70. The Morgan fingerprint density at radius 3 is 3.08 bits per heavy atom. The predicted octanol–water partition coefficient (Wildman–Crippen LogP) is 4.02. The monoisotopic (exact) mass is 259 g/mol. The first-order chi connectivity index (χ1) is 6.18. The molecule has 2 rings (SSSR count). The van der Waals surface area contributed by atoms with Crippen LogP contribution < -0.4 is 5.32 Å². The van der Waals surface area contributed by atoms with Crippen molar-refractivity contribution in [1.29, 1.82) is 0 Å². The van der Waals surface area contributed by atoms with Crippen molar-refractivity contribution >= 4 is 33.2 Å². The van der Waals surface area contributed by atoms with Gasteiger partial charge in [0.15, 0.2) is 0 Å². The van der Waals surface area contributed by atoms with E-state index in [-0.39, 0.29) is 0 Å². The zero-order chi connectivity index (χ0) is 9.42. The van der Waals surface area contributed by atoms with Crippen LogP contribution in [0.4, 0.5) is 5.69 Å². The van der Waals surface area contributed by atoms with Crippen LogP contribution in [0.3, 0.4) is 0 Å². The Bertz CT molecular complexity index is 338. The number of benzene rings is 1. The highest BCUT2D eigenvalue weighted by molar-refractivity contribution is 9.10. The highest BCUT2D eigenvalue weighted by atomic mass is 79.9. The van der Waals surface area contributed by atoms with Crippen LogP contribution in [0.5, 0.6) is 0 Å². The van der Waals surface area contributed by atoms with Crippen LogP contribution in [-0.2, 0) is 0 Å². The molecular formula is C10H11BrClN. The Kier molecular flexibility index (Phi) is 2.52. The summed E-state index contributed by atoms with van der Waals surface area (Å²) in [6.07, 6.45) is 1.18. The summed E-state index contributed by atoms with van der Waals surface area (Å²) >= 11 is 9.58. The van der Waals surface area contributed by atoms with Crippen molar-refractivity contribution in [3.63, 3.8) is 0 Å². The second kappa shape index (κ2) is 3.50. The van der Waals surface area contributed by atoms with Crippen LogP contribution in [0.1, 0.15) is 24.8 Å². The normalized spacial score (nSPS) is 20.7. The largest absolute Gasteiger partial charge is 0.384 e. The summed E-state index contributed by atoms with van der Waals surface area (Å²) in [7, 11) is 0. The lowest BCUT2D eigenvalue weighted by atomic mass is 9.93. The van der Waals surface area contributed by atoms with Crippen LogP contribution in [0.15, 0.2) is 16.6 Å². The van der Waals surface area contributed by atoms with E-state index in [4.69, 9.17) is 11.6 Å². The minimum absolute atomic E-state index is 0.603. The number of hydrogen-bond donors (Lipinski definition) is 1. The molecule has 1 aromatic carbocycles. The average Bonchev–Trinajstić information content (AvgIpc) is 2.07. The van der Waals surface area contributed by atoms with Crippen molar-refractivity contribution in [2.45, 2.75) is 19.3 Å². The van der Waals surface area contributed by atoms with Gasteiger partial charge in [-0.15, -0.1) is 0 Å². The molecule has 1 aliphatic rings. The van der Waals surface area contributed by atoms with Gasteiger partial charge in [-0.1, -0.05) is 34.5 Å². The zero-order valence-electron chi connectivity index (χ0n) is 7.40. The molecule has 0 saturated carbocycles. The Labute approximate surface area is 91.6 Å². The molecule has 1 aliphatic heterocycles. The summed E-state index contributed by atoms with van der Waals surface area (Å²) in [6, 6.07) is 4.09. The maximum atomic E-state index is 6.12. The minimum Gasteiger partial charge on any atom is -0.384 e. The van der Waals surface area contributed by atoms with Gasteiger partial charge in [0, 0.05) is 11.0 Å². The van der Waals surface area contributed by atoms with Gasteiger partial charge in [0.05, 0.1) is 10.7 Å². The SMILES string of the molecule is CC1CCNc2c(Cl)cc(Br)cc21. The Hall–Kier alpha value is -0.210. The predicted molar refractivity (Wildman–Crippen MR) is 60.7 cm³/mol. The first-order valence-electron chi connectivity index (χ1n) is 4.41. The van der Waals surface area contributed by atoms with Crippen molar-refractivity contribution < 1.29 is 0 Å². The molecule has 0 aliphatic carbocycles. The first kappa shape index (κ1) is 9.35. The molecular weight excluding hydrogens is 249 g/mol.